The van der Waals surface area contributed by atoms with Crippen LogP contribution in [-0.2, 0) is 19.3 Å². The molecule has 6 nitrogen and oxygen atoms in total. The number of nitrogens with one attached hydrogen (secondary N) is 1. The summed E-state index contributed by atoms with van der Waals surface area (Å²) in [6, 6.07) is 5.87. The van der Waals surface area contributed by atoms with Gasteiger partial charge in [-0.1, -0.05) is 23.9 Å². The maximum atomic E-state index is 5.44. The molecule has 7 heteroatoms. The standard InChI is InChI=1S/C14H20N4O2S/c1-15-8-12-16-17-14(18(12)2)21-9-10-6-5-7-11(19-3)13(10)20-4/h5-7,15H,8-9H2,1-4H3. The van der Waals surface area contributed by atoms with Gasteiger partial charge in [0, 0.05) is 18.4 Å². The van der Waals surface area contributed by atoms with Gasteiger partial charge in [0.25, 0.3) is 0 Å². The van der Waals surface area contributed by atoms with E-state index in [2.05, 4.69) is 15.5 Å². The van der Waals surface area contributed by atoms with E-state index in [0.29, 0.717) is 6.54 Å². The van der Waals surface area contributed by atoms with Crippen molar-refractivity contribution in [2.45, 2.75) is 17.5 Å². The maximum absolute atomic E-state index is 5.44. The number of rotatable bonds is 7. The van der Waals surface area contributed by atoms with Crippen LogP contribution in [0.25, 0.3) is 0 Å². The van der Waals surface area contributed by atoms with Crippen LogP contribution in [0.15, 0.2) is 23.4 Å². The van der Waals surface area contributed by atoms with E-state index in [1.807, 2.05) is 36.9 Å². The Balaban J connectivity index is 2.13. The van der Waals surface area contributed by atoms with Crippen LogP contribution in [0.5, 0.6) is 11.5 Å². The zero-order valence-corrected chi connectivity index (χ0v) is 13.5. The van der Waals surface area contributed by atoms with Crippen LogP contribution in [0.1, 0.15) is 11.4 Å². The van der Waals surface area contributed by atoms with Gasteiger partial charge in [-0.15, -0.1) is 10.2 Å². The quantitative estimate of drug-likeness (QED) is 0.788. The van der Waals surface area contributed by atoms with E-state index in [4.69, 9.17) is 9.47 Å². The van der Waals surface area contributed by atoms with Crippen molar-refractivity contribution in [3.05, 3.63) is 29.6 Å². The molecule has 0 radical (unpaired) electrons. The van der Waals surface area contributed by atoms with Gasteiger partial charge in [-0.2, -0.15) is 0 Å². The Bertz CT molecular complexity index is 601. The summed E-state index contributed by atoms with van der Waals surface area (Å²) >= 11 is 1.62. The number of para-hydroxylation sites is 1. The predicted octanol–water partition coefficient (Wildman–Crippen LogP) is 1.84. The molecule has 0 unspecified atom stereocenters. The summed E-state index contributed by atoms with van der Waals surface area (Å²) in [4.78, 5) is 0. The van der Waals surface area contributed by atoms with Crippen LogP contribution in [0.4, 0.5) is 0 Å². The number of thioether (sulfide) groups is 1. The van der Waals surface area contributed by atoms with Gasteiger partial charge in [0.05, 0.1) is 20.8 Å². The minimum Gasteiger partial charge on any atom is -0.493 e. The van der Waals surface area contributed by atoms with E-state index >= 15 is 0 Å². The molecule has 0 fully saturated rings. The first-order chi connectivity index (χ1) is 10.2. The van der Waals surface area contributed by atoms with Crippen molar-refractivity contribution in [1.29, 1.82) is 0 Å². The second-order valence-corrected chi connectivity index (χ2v) is 5.37. The Kier molecular flexibility index (Phi) is 5.46. The molecule has 0 aliphatic rings. The number of nitrogens with zero attached hydrogens (tertiary/aromatic N) is 3. The van der Waals surface area contributed by atoms with Crippen molar-refractivity contribution in [2.24, 2.45) is 7.05 Å². The molecule has 2 aromatic rings. The number of methoxy groups -OCH3 is 2. The lowest BCUT2D eigenvalue weighted by Crippen LogP contribution is -2.10. The number of hydrogen-bond acceptors (Lipinski definition) is 6. The normalized spacial score (nSPS) is 10.7. The van der Waals surface area contributed by atoms with Crippen LogP contribution in [0.3, 0.4) is 0 Å². The fourth-order valence-electron chi connectivity index (χ4n) is 1.99. The van der Waals surface area contributed by atoms with Gasteiger partial charge in [-0.25, -0.2) is 0 Å². The minimum atomic E-state index is 0.701. The SMILES string of the molecule is CNCc1nnc(SCc2cccc(OC)c2OC)n1C. The summed E-state index contributed by atoms with van der Waals surface area (Å²) in [6.45, 7) is 0.701. The van der Waals surface area contributed by atoms with E-state index in [1.165, 1.54) is 0 Å². The second kappa shape index (κ2) is 7.33. The lowest BCUT2D eigenvalue weighted by atomic mass is 10.2. The summed E-state index contributed by atoms with van der Waals surface area (Å²) in [5.74, 6) is 3.17. The van der Waals surface area contributed by atoms with Crippen molar-refractivity contribution >= 4 is 11.8 Å². The van der Waals surface area contributed by atoms with Crippen LogP contribution >= 0.6 is 11.8 Å². The average Bonchev–Trinajstić information content (AvgIpc) is 2.85. The summed E-state index contributed by atoms with van der Waals surface area (Å²) < 4.78 is 12.7. The molecule has 0 saturated heterocycles. The Morgan fingerprint density at radius 1 is 1.24 bits per heavy atom. The second-order valence-electron chi connectivity index (χ2n) is 4.43. The first-order valence-corrected chi connectivity index (χ1v) is 7.55. The molecule has 114 valence electrons. The van der Waals surface area contributed by atoms with Gasteiger partial charge in [0.2, 0.25) is 0 Å². The van der Waals surface area contributed by atoms with E-state index in [1.54, 1.807) is 26.0 Å². The largest absolute Gasteiger partial charge is 0.493 e. The van der Waals surface area contributed by atoms with Gasteiger partial charge in [-0.3, -0.25) is 0 Å². The molecule has 1 aromatic heterocycles. The topological polar surface area (TPSA) is 61.2 Å². The highest BCUT2D eigenvalue weighted by atomic mass is 32.2. The van der Waals surface area contributed by atoms with Crippen molar-refractivity contribution in [3.63, 3.8) is 0 Å². The molecular weight excluding hydrogens is 288 g/mol. The average molecular weight is 308 g/mol. The third-order valence-corrected chi connectivity index (χ3v) is 4.17. The third kappa shape index (κ3) is 3.48. The highest BCUT2D eigenvalue weighted by molar-refractivity contribution is 7.98. The van der Waals surface area contributed by atoms with Gasteiger partial charge >= 0.3 is 0 Å². The number of aromatic nitrogens is 3. The van der Waals surface area contributed by atoms with E-state index in [-0.39, 0.29) is 0 Å². The predicted molar refractivity (Wildman–Crippen MR) is 82.9 cm³/mol. The van der Waals surface area contributed by atoms with Crippen LogP contribution in [0, 0.1) is 0 Å². The van der Waals surface area contributed by atoms with Crippen molar-refractivity contribution < 1.29 is 9.47 Å². The zero-order valence-electron chi connectivity index (χ0n) is 12.7. The molecule has 0 amide bonds. The van der Waals surface area contributed by atoms with Gasteiger partial charge in [0.1, 0.15) is 5.82 Å². The summed E-state index contributed by atoms with van der Waals surface area (Å²) in [5.41, 5.74) is 1.07. The van der Waals surface area contributed by atoms with E-state index in [9.17, 15) is 0 Å². The van der Waals surface area contributed by atoms with Crippen molar-refractivity contribution in [2.75, 3.05) is 21.3 Å². The summed E-state index contributed by atoms with van der Waals surface area (Å²) in [7, 11) is 7.15. The Morgan fingerprint density at radius 2 is 2.05 bits per heavy atom. The van der Waals surface area contributed by atoms with Crippen LogP contribution < -0.4 is 14.8 Å². The van der Waals surface area contributed by atoms with Gasteiger partial charge in [-0.05, 0) is 13.1 Å². The monoisotopic (exact) mass is 308 g/mol. The Labute approximate surface area is 128 Å². The molecule has 0 saturated carbocycles. The molecule has 0 aliphatic carbocycles. The first-order valence-electron chi connectivity index (χ1n) is 6.56. The summed E-state index contributed by atoms with van der Waals surface area (Å²) in [6.07, 6.45) is 0. The fourth-order valence-corrected chi connectivity index (χ4v) is 2.90. The van der Waals surface area contributed by atoms with Crippen LogP contribution in [-0.4, -0.2) is 36.0 Å². The third-order valence-electron chi connectivity index (χ3n) is 3.10. The Morgan fingerprint density at radius 3 is 2.71 bits per heavy atom. The number of hydrogen-bond donors (Lipinski definition) is 1. The van der Waals surface area contributed by atoms with Crippen molar-refractivity contribution in [1.82, 2.24) is 20.1 Å². The molecule has 0 spiro atoms. The number of benzene rings is 1. The minimum absolute atomic E-state index is 0.701. The lowest BCUT2D eigenvalue weighted by molar-refractivity contribution is 0.352. The molecular formula is C14H20N4O2S. The highest BCUT2D eigenvalue weighted by Crippen LogP contribution is 2.34. The molecule has 1 heterocycles. The molecule has 1 N–H and O–H groups in total. The zero-order chi connectivity index (χ0) is 15.2. The molecule has 0 atom stereocenters. The smallest absolute Gasteiger partial charge is 0.191 e. The summed E-state index contributed by atoms with van der Waals surface area (Å²) in [5, 5.41) is 12.3. The van der Waals surface area contributed by atoms with Gasteiger partial charge in [0.15, 0.2) is 16.7 Å². The molecule has 21 heavy (non-hydrogen) atoms. The molecule has 2 rings (SSSR count). The van der Waals surface area contributed by atoms with Crippen molar-refractivity contribution in [3.8, 4) is 11.5 Å². The molecule has 1 aromatic carbocycles. The fraction of sp³-hybridized carbons (Fsp3) is 0.429. The van der Waals surface area contributed by atoms with Gasteiger partial charge < -0.3 is 19.4 Å². The maximum Gasteiger partial charge on any atom is 0.191 e. The molecule has 0 aliphatic heterocycles. The van der Waals surface area contributed by atoms with E-state index in [0.717, 1.165) is 33.8 Å². The van der Waals surface area contributed by atoms with Crippen LogP contribution in [0.2, 0.25) is 0 Å². The molecule has 0 bridgehead atoms. The highest BCUT2D eigenvalue weighted by Gasteiger charge is 2.13. The number of ether oxygens (including phenoxy) is 2. The lowest BCUT2D eigenvalue weighted by Gasteiger charge is -2.12. The van der Waals surface area contributed by atoms with E-state index < -0.39 is 0 Å². The Hall–Kier alpha value is -1.73. The first kappa shape index (κ1) is 15.7.